The molecule has 0 heterocycles. The van der Waals surface area contributed by atoms with Crippen molar-refractivity contribution < 1.29 is 28.6 Å². The number of carbonyl (C=O) groups is 3. The molecule has 27 heavy (non-hydrogen) atoms. The number of anilines is 1. The second-order valence-corrected chi connectivity index (χ2v) is 8.51. The van der Waals surface area contributed by atoms with Gasteiger partial charge in [-0.3, -0.25) is 9.59 Å². The van der Waals surface area contributed by atoms with E-state index < -0.39 is 24.1 Å². The number of esters is 3. The molecule has 0 saturated heterocycles. The van der Waals surface area contributed by atoms with E-state index in [9.17, 15) is 14.4 Å². The van der Waals surface area contributed by atoms with Crippen LogP contribution < -0.4 is 10.5 Å². The minimum atomic E-state index is -0.641. The topological polar surface area (TPSA) is 105 Å². The molecule has 2 N–H and O–H groups in total. The van der Waals surface area contributed by atoms with E-state index in [4.69, 9.17) is 19.9 Å². The van der Waals surface area contributed by atoms with Gasteiger partial charge in [-0.25, -0.2) is 4.79 Å². The van der Waals surface area contributed by atoms with Gasteiger partial charge in [0, 0.05) is 0 Å². The maximum Gasteiger partial charge on any atom is 0.344 e. The first-order valence-corrected chi connectivity index (χ1v) is 8.72. The Kier molecular flexibility index (Phi) is 7.39. The van der Waals surface area contributed by atoms with Crippen molar-refractivity contribution in [1.29, 1.82) is 0 Å². The van der Waals surface area contributed by atoms with Crippen LogP contribution in [0, 0.1) is 5.41 Å². The fraction of sp³-hybridized carbons (Fsp3) is 0.550. The van der Waals surface area contributed by atoms with Crippen molar-refractivity contribution in [3.05, 3.63) is 23.8 Å². The molecule has 1 rings (SSSR count). The van der Waals surface area contributed by atoms with Crippen molar-refractivity contribution in [2.75, 3.05) is 12.3 Å². The number of hydrogen-bond donors (Lipinski definition) is 1. The fourth-order valence-corrected chi connectivity index (χ4v) is 2.12. The van der Waals surface area contributed by atoms with Gasteiger partial charge >= 0.3 is 17.9 Å². The van der Waals surface area contributed by atoms with Crippen LogP contribution in [0.25, 0.3) is 0 Å². The highest BCUT2D eigenvalue weighted by Crippen LogP contribution is 2.26. The zero-order valence-corrected chi connectivity index (χ0v) is 16.9. The van der Waals surface area contributed by atoms with Crippen LogP contribution in [0.15, 0.2) is 18.2 Å². The summed E-state index contributed by atoms with van der Waals surface area (Å²) >= 11 is 0. The highest BCUT2D eigenvalue weighted by molar-refractivity contribution is 5.79. The first kappa shape index (κ1) is 22.5. The quantitative estimate of drug-likeness (QED) is 0.460. The summed E-state index contributed by atoms with van der Waals surface area (Å²) in [5.41, 5.74) is 5.89. The predicted molar refractivity (Wildman–Crippen MR) is 101 cm³/mol. The second-order valence-electron chi connectivity index (χ2n) is 8.51. The van der Waals surface area contributed by atoms with Crippen LogP contribution in [-0.2, 0) is 30.3 Å². The predicted octanol–water partition coefficient (Wildman–Crippen LogP) is 3.04. The van der Waals surface area contributed by atoms with Crippen LogP contribution >= 0.6 is 0 Å². The van der Waals surface area contributed by atoms with Crippen molar-refractivity contribution in [3.8, 4) is 5.75 Å². The van der Waals surface area contributed by atoms with E-state index in [1.54, 1.807) is 26.8 Å². The van der Waals surface area contributed by atoms with Gasteiger partial charge in [-0.2, -0.15) is 0 Å². The van der Waals surface area contributed by atoms with Gasteiger partial charge in [0.15, 0.2) is 12.4 Å². The summed E-state index contributed by atoms with van der Waals surface area (Å²) in [5.74, 6) is -1.33. The summed E-state index contributed by atoms with van der Waals surface area (Å²) in [6.45, 7) is 10.5. The summed E-state index contributed by atoms with van der Waals surface area (Å²) in [6.07, 6.45) is 0.189. The van der Waals surface area contributed by atoms with Crippen LogP contribution in [0.3, 0.4) is 0 Å². The van der Waals surface area contributed by atoms with Crippen molar-refractivity contribution in [2.45, 2.75) is 60.0 Å². The zero-order chi connectivity index (χ0) is 20.8. The normalized spacial score (nSPS) is 11.6. The van der Waals surface area contributed by atoms with Gasteiger partial charge in [0.25, 0.3) is 0 Å². The molecule has 1 aromatic carbocycles. The Morgan fingerprint density at radius 3 is 2.11 bits per heavy atom. The SMILES string of the molecule is CC(C)(C)CC(=O)Oc1ccc(CC(=O)OCC(=O)OC(C)(C)C)cc1N. The van der Waals surface area contributed by atoms with E-state index in [1.807, 2.05) is 20.8 Å². The lowest BCUT2D eigenvalue weighted by molar-refractivity contribution is -0.166. The number of hydrogen-bond acceptors (Lipinski definition) is 7. The van der Waals surface area contributed by atoms with Crippen molar-refractivity contribution in [1.82, 2.24) is 0 Å². The molecule has 0 bridgehead atoms. The fourth-order valence-electron chi connectivity index (χ4n) is 2.12. The third-order valence-electron chi connectivity index (χ3n) is 3.09. The number of nitrogens with two attached hydrogens (primary N) is 1. The first-order chi connectivity index (χ1) is 12.2. The Morgan fingerprint density at radius 1 is 0.963 bits per heavy atom. The van der Waals surface area contributed by atoms with Crippen LogP contribution in [0.5, 0.6) is 5.75 Å². The Morgan fingerprint density at radius 2 is 1.59 bits per heavy atom. The minimum Gasteiger partial charge on any atom is -0.457 e. The Labute approximate surface area is 160 Å². The highest BCUT2D eigenvalue weighted by Gasteiger charge is 2.19. The lowest BCUT2D eigenvalue weighted by atomic mass is 9.92. The third-order valence-corrected chi connectivity index (χ3v) is 3.09. The smallest absolute Gasteiger partial charge is 0.344 e. The van der Waals surface area contributed by atoms with E-state index in [1.165, 1.54) is 12.1 Å². The van der Waals surface area contributed by atoms with Crippen LogP contribution in [-0.4, -0.2) is 30.1 Å². The summed E-state index contributed by atoms with van der Waals surface area (Å²) in [5, 5.41) is 0. The Bertz CT molecular complexity index is 697. The molecule has 1 aromatic rings. The Hall–Kier alpha value is -2.57. The number of ether oxygens (including phenoxy) is 3. The van der Waals surface area contributed by atoms with E-state index >= 15 is 0 Å². The molecule has 0 saturated carbocycles. The second kappa shape index (κ2) is 8.88. The summed E-state index contributed by atoms with van der Waals surface area (Å²) in [6, 6.07) is 4.69. The lowest BCUT2D eigenvalue weighted by Crippen LogP contribution is -2.27. The minimum absolute atomic E-state index is 0.0663. The molecule has 0 radical (unpaired) electrons. The van der Waals surface area contributed by atoms with Gasteiger partial charge in [-0.15, -0.1) is 0 Å². The molecule has 150 valence electrons. The molecular weight excluding hydrogens is 350 g/mol. The molecule has 7 heteroatoms. The van der Waals surface area contributed by atoms with Gasteiger partial charge in [0.2, 0.25) is 0 Å². The van der Waals surface area contributed by atoms with Gasteiger partial charge in [-0.1, -0.05) is 26.8 Å². The summed E-state index contributed by atoms with van der Waals surface area (Å²) in [4.78, 5) is 35.3. The lowest BCUT2D eigenvalue weighted by Gasteiger charge is -2.19. The maximum atomic E-state index is 11.9. The molecule has 0 unspecified atom stereocenters. The molecule has 0 aliphatic carbocycles. The van der Waals surface area contributed by atoms with Gasteiger partial charge in [0.1, 0.15) is 5.60 Å². The molecule has 7 nitrogen and oxygen atoms in total. The summed E-state index contributed by atoms with van der Waals surface area (Å²) in [7, 11) is 0. The average molecular weight is 379 g/mol. The molecule has 0 aromatic heterocycles. The average Bonchev–Trinajstić information content (AvgIpc) is 2.44. The van der Waals surface area contributed by atoms with Gasteiger partial charge in [0.05, 0.1) is 18.5 Å². The van der Waals surface area contributed by atoms with Crippen LogP contribution in [0.2, 0.25) is 0 Å². The van der Waals surface area contributed by atoms with Crippen LogP contribution in [0.4, 0.5) is 5.69 Å². The van der Waals surface area contributed by atoms with E-state index in [2.05, 4.69) is 0 Å². The van der Waals surface area contributed by atoms with E-state index in [0.717, 1.165) is 0 Å². The standard InChI is InChI=1S/C20H29NO6/c1-19(2,3)11-17(23)26-15-8-7-13(9-14(15)21)10-16(22)25-12-18(24)27-20(4,5)6/h7-9H,10-12,21H2,1-6H3. The van der Waals surface area contributed by atoms with E-state index in [-0.39, 0.29) is 35.7 Å². The number of rotatable bonds is 6. The number of benzene rings is 1. The third kappa shape index (κ3) is 9.63. The maximum absolute atomic E-state index is 11.9. The highest BCUT2D eigenvalue weighted by atomic mass is 16.6. The molecule has 0 spiro atoms. The molecule has 0 amide bonds. The molecule has 0 fully saturated rings. The van der Waals surface area contributed by atoms with Crippen LogP contribution in [0.1, 0.15) is 53.5 Å². The number of nitrogen functional groups attached to an aromatic ring is 1. The first-order valence-electron chi connectivity index (χ1n) is 8.72. The molecular formula is C20H29NO6. The van der Waals surface area contributed by atoms with Gasteiger partial charge < -0.3 is 19.9 Å². The van der Waals surface area contributed by atoms with Crippen molar-refractivity contribution in [2.24, 2.45) is 5.41 Å². The monoisotopic (exact) mass is 379 g/mol. The largest absolute Gasteiger partial charge is 0.457 e. The van der Waals surface area contributed by atoms with Crippen molar-refractivity contribution >= 4 is 23.6 Å². The Balaban J connectivity index is 2.57. The molecule has 0 aliphatic rings. The summed E-state index contributed by atoms with van der Waals surface area (Å²) < 4.78 is 15.2. The zero-order valence-electron chi connectivity index (χ0n) is 16.9. The molecule has 0 aliphatic heterocycles. The van der Waals surface area contributed by atoms with Crippen molar-refractivity contribution in [3.63, 3.8) is 0 Å². The van der Waals surface area contributed by atoms with Gasteiger partial charge in [-0.05, 0) is 43.9 Å². The van der Waals surface area contributed by atoms with E-state index in [0.29, 0.717) is 5.56 Å². The number of carbonyl (C=O) groups excluding carboxylic acids is 3. The molecule has 0 atom stereocenters.